The summed E-state index contributed by atoms with van der Waals surface area (Å²) < 4.78 is 48.1. The third kappa shape index (κ3) is 3.99. The van der Waals surface area contributed by atoms with Crippen molar-refractivity contribution in [3.05, 3.63) is 35.9 Å². The van der Waals surface area contributed by atoms with Crippen molar-refractivity contribution >= 4 is 10.0 Å². The maximum absolute atomic E-state index is 13.0. The van der Waals surface area contributed by atoms with Gasteiger partial charge in [-0.1, -0.05) is 30.3 Å². The molecule has 0 aromatic heterocycles. The molecule has 0 spiro atoms. The Labute approximate surface area is 119 Å². The lowest BCUT2D eigenvalue weighted by molar-refractivity contribution is 0.236. The molecule has 2 N–H and O–H groups in total. The summed E-state index contributed by atoms with van der Waals surface area (Å²) in [6.45, 7) is 1.28. The summed E-state index contributed by atoms with van der Waals surface area (Å²) >= 11 is 0. The van der Waals surface area contributed by atoms with Gasteiger partial charge in [-0.05, 0) is 31.7 Å². The summed E-state index contributed by atoms with van der Waals surface area (Å²) in [6, 6.07) is 8.83. The molecule has 1 aromatic carbocycles. The fraction of sp³-hybridized carbons (Fsp3) is 0.571. The van der Waals surface area contributed by atoms with E-state index in [1.807, 2.05) is 0 Å². The standard InChI is InChI=1S/C14H21F2NO2S/c1-14(2,20(17,18)19)8-13(12(9-15)10-16)11-6-4-3-5-7-11/h3-7,12-13H,8-10H2,1-2H3,(H2,17,18,19)/t13-/m0/s1. The first-order valence-electron chi connectivity index (χ1n) is 6.42. The Morgan fingerprint density at radius 3 is 2.05 bits per heavy atom. The smallest absolute Gasteiger partial charge is 0.214 e. The van der Waals surface area contributed by atoms with Crippen LogP contribution in [-0.4, -0.2) is 26.5 Å². The average Bonchev–Trinajstić information content (AvgIpc) is 2.38. The van der Waals surface area contributed by atoms with Crippen molar-refractivity contribution in [2.45, 2.75) is 30.9 Å². The number of nitrogens with two attached hydrogens (primary N) is 1. The normalized spacial score (nSPS) is 14.5. The maximum atomic E-state index is 13.0. The molecule has 1 atom stereocenters. The number of hydrogen-bond donors (Lipinski definition) is 1. The van der Waals surface area contributed by atoms with Gasteiger partial charge in [-0.2, -0.15) is 0 Å². The van der Waals surface area contributed by atoms with Crippen LogP contribution in [0.5, 0.6) is 0 Å². The summed E-state index contributed by atoms with van der Waals surface area (Å²) in [4.78, 5) is 0. The Kier molecular flexibility index (Phi) is 5.65. The van der Waals surface area contributed by atoms with Gasteiger partial charge < -0.3 is 0 Å². The molecule has 0 fully saturated rings. The Morgan fingerprint density at radius 2 is 1.65 bits per heavy atom. The Bertz CT molecular complexity index is 513. The number of primary sulfonamides is 1. The minimum atomic E-state index is -3.80. The highest BCUT2D eigenvalue weighted by Crippen LogP contribution is 2.36. The third-order valence-electron chi connectivity index (χ3n) is 3.67. The van der Waals surface area contributed by atoms with E-state index < -0.39 is 40.0 Å². The molecular formula is C14H21F2NO2S. The molecule has 0 aliphatic rings. The van der Waals surface area contributed by atoms with Crippen LogP contribution >= 0.6 is 0 Å². The summed E-state index contributed by atoms with van der Waals surface area (Å²) in [7, 11) is -3.80. The van der Waals surface area contributed by atoms with Gasteiger partial charge in [0.25, 0.3) is 0 Å². The first-order chi connectivity index (χ1) is 9.23. The summed E-state index contributed by atoms with van der Waals surface area (Å²) in [5.41, 5.74) is 0.726. The van der Waals surface area contributed by atoms with E-state index in [0.717, 1.165) is 5.56 Å². The average molecular weight is 305 g/mol. The van der Waals surface area contributed by atoms with E-state index in [9.17, 15) is 17.2 Å². The van der Waals surface area contributed by atoms with Crippen LogP contribution in [0.25, 0.3) is 0 Å². The second-order valence-electron chi connectivity index (χ2n) is 5.59. The zero-order valence-electron chi connectivity index (χ0n) is 11.7. The topological polar surface area (TPSA) is 60.2 Å². The lowest BCUT2D eigenvalue weighted by atomic mass is 9.81. The van der Waals surface area contributed by atoms with Crippen molar-refractivity contribution in [2.24, 2.45) is 11.1 Å². The van der Waals surface area contributed by atoms with Gasteiger partial charge in [0.15, 0.2) is 0 Å². The van der Waals surface area contributed by atoms with Gasteiger partial charge in [-0.15, -0.1) is 0 Å². The van der Waals surface area contributed by atoms with Crippen molar-refractivity contribution in [3.63, 3.8) is 0 Å². The van der Waals surface area contributed by atoms with Crippen LogP contribution in [0.1, 0.15) is 31.7 Å². The van der Waals surface area contributed by atoms with Crippen LogP contribution in [0.2, 0.25) is 0 Å². The highest BCUT2D eigenvalue weighted by Gasteiger charge is 2.37. The zero-order valence-corrected chi connectivity index (χ0v) is 12.5. The molecule has 0 saturated heterocycles. The number of rotatable bonds is 7. The van der Waals surface area contributed by atoms with Gasteiger partial charge in [-0.25, -0.2) is 13.6 Å². The van der Waals surface area contributed by atoms with Crippen LogP contribution in [-0.2, 0) is 10.0 Å². The molecule has 0 unspecified atom stereocenters. The predicted molar refractivity (Wildman–Crippen MR) is 76.4 cm³/mol. The lowest BCUT2D eigenvalue weighted by Gasteiger charge is -2.31. The van der Waals surface area contributed by atoms with Crippen LogP contribution in [0.4, 0.5) is 8.78 Å². The molecule has 3 nitrogen and oxygen atoms in total. The summed E-state index contributed by atoms with van der Waals surface area (Å²) in [5, 5.41) is 5.21. The Balaban J connectivity index is 3.13. The molecule has 0 aliphatic heterocycles. The first kappa shape index (κ1) is 17.0. The van der Waals surface area contributed by atoms with E-state index in [0.29, 0.717) is 0 Å². The quantitative estimate of drug-likeness (QED) is 0.842. The largest absolute Gasteiger partial charge is 0.251 e. The van der Waals surface area contributed by atoms with Crippen molar-refractivity contribution in [1.29, 1.82) is 0 Å². The van der Waals surface area contributed by atoms with Crippen molar-refractivity contribution in [1.82, 2.24) is 0 Å². The molecule has 0 aliphatic carbocycles. The predicted octanol–water partition coefficient (Wildman–Crippen LogP) is 2.78. The highest BCUT2D eigenvalue weighted by atomic mass is 32.2. The SMILES string of the molecule is CC(C)(C[C@@H](c1ccccc1)C(CF)CF)S(N)(=O)=O. The number of hydrogen-bond acceptors (Lipinski definition) is 2. The number of benzene rings is 1. The van der Waals surface area contributed by atoms with Gasteiger partial charge >= 0.3 is 0 Å². The Morgan fingerprint density at radius 1 is 1.15 bits per heavy atom. The van der Waals surface area contributed by atoms with Crippen LogP contribution < -0.4 is 5.14 Å². The summed E-state index contributed by atoms with van der Waals surface area (Å²) in [6.07, 6.45) is 0.0777. The lowest BCUT2D eigenvalue weighted by Crippen LogP contribution is -2.40. The minimum Gasteiger partial charge on any atom is -0.251 e. The molecule has 20 heavy (non-hydrogen) atoms. The van der Waals surface area contributed by atoms with E-state index in [1.54, 1.807) is 30.3 Å². The highest BCUT2D eigenvalue weighted by molar-refractivity contribution is 7.90. The van der Waals surface area contributed by atoms with E-state index >= 15 is 0 Å². The second-order valence-corrected chi connectivity index (χ2v) is 7.79. The molecule has 6 heteroatoms. The molecule has 0 saturated carbocycles. The molecule has 1 aromatic rings. The molecule has 0 bridgehead atoms. The van der Waals surface area contributed by atoms with Crippen LogP contribution in [0.3, 0.4) is 0 Å². The van der Waals surface area contributed by atoms with Crippen molar-refractivity contribution in [3.8, 4) is 0 Å². The van der Waals surface area contributed by atoms with Crippen LogP contribution in [0.15, 0.2) is 30.3 Å². The van der Waals surface area contributed by atoms with Crippen molar-refractivity contribution in [2.75, 3.05) is 13.3 Å². The zero-order chi connectivity index (χ0) is 15.4. The number of sulfonamides is 1. The monoisotopic (exact) mass is 305 g/mol. The molecule has 0 amide bonds. The minimum absolute atomic E-state index is 0.0777. The Hall–Kier alpha value is -1.01. The fourth-order valence-corrected chi connectivity index (χ4v) is 2.57. The number of alkyl halides is 2. The van der Waals surface area contributed by atoms with Gasteiger partial charge in [0.1, 0.15) is 0 Å². The molecular weight excluding hydrogens is 284 g/mol. The van der Waals surface area contributed by atoms with Gasteiger partial charge in [0.05, 0.1) is 18.1 Å². The van der Waals surface area contributed by atoms with Crippen LogP contribution in [0, 0.1) is 5.92 Å². The van der Waals surface area contributed by atoms with E-state index in [4.69, 9.17) is 5.14 Å². The maximum Gasteiger partial charge on any atom is 0.214 e. The fourth-order valence-electron chi connectivity index (χ4n) is 2.16. The van der Waals surface area contributed by atoms with Crippen molar-refractivity contribution < 1.29 is 17.2 Å². The third-order valence-corrected chi connectivity index (χ3v) is 5.38. The molecule has 0 radical (unpaired) electrons. The summed E-state index contributed by atoms with van der Waals surface area (Å²) in [5.74, 6) is -1.39. The van der Waals surface area contributed by atoms with Gasteiger partial charge in [0.2, 0.25) is 10.0 Å². The van der Waals surface area contributed by atoms with E-state index in [-0.39, 0.29) is 6.42 Å². The van der Waals surface area contributed by atoms with Gasteiger partial charge in [-0.3, -0.25) is 8.78 Å². The molecule has 1 rings (SSSR count). The molecule has 0 heterocycles. The first-order valence-corrected chi connectivity index (χ1v) is 7.96. The van der Waals surface area contributed by atoms with Gasteiger partial charge in [0, 0.05) is 5.92 Å². The number of halogens is 2. The molecule has 114 valence electrons. The van der Waals surface area contributed by atoms with E-state index in [1.165, 1.54) is 13.8 Å². The second kappa shape index (κ2) is 6.63. The van der Waals surface area contributed by atoms with E-state index in [2.05, 4.69) is 0 Å².